The van der Waals surface area contributed by atoms with E-state index in [0.29, 0.717) is 31.4 Å². The van der Waals surface area contributed by atoms with Crippen LogP contribution in [0.25, 0.3) is 10.8 Å². The maximum atomic E-state index is 13.8. The van der Waals surface area contributed by atoms with Gasteiger partial charge in [0.05, 0.1) is 12.5 Å². The average Bonchev–Trinajstić information content (AvgIpc) is 3.71. The van der Waals surface area contributed by atoms with Gasteiger partial charge in [0.1, 0.15) is 18.2 Å². The number of esters is 1. The zero-order valence-electron chi connectivity index (χ0n) is 21.3. The van der Waals surface area contributed by atoms with Gasteiger partial charge in [0.25, 0.3) is 11.8 Å². The summed E-state index contributed by atoms with van der Waals surface area (Å²) in [4.78, 5) is 65.6. The molecule has 0 saturated carbocycles. The van der Waals surface area contributed by atoms with Crippen molar-refractivity contribution in [1.82, 2.24) is 20.7 Å². The average molecular weight is 530 g/mol. The zero-order valence-corrected chi connectivity index (χ0v) is 21.3. The van der Waals surface area contributed by atoms with Crippen LogP contribution in [0.5, 0.6) is 0 Å². The maximum Gasteiger partial charge on any atom is 0.308 e. The van der Waals surface area contributed by atoms with Crippen LogP contribution in [0.3, 0.4) is 0 Å². The third kappa shape index (κ3) is 4.98. The summed E-state index contributed by atoms with van der Waals surface area (Å²) >= 11 is 0. The van der Waals surface area contributed by atoms with Gasteiger partial charge in [0, 0.05) is 31.4 Å². The van der Waals surface area contributed by atoms with Gasteiger partial charge in [-0.05, 0) is 36.1 Å². The van der Waals surface area contributed by atoms with Crippen molar-refractivity contribution in [2.75, 3.05) is 6.54 Å². The van der Waals surface area contributed by atoms with Crippen LogP contribution in [0.1, 0.15) is 48.9 Å². The molecule has 1 radical (unpaired) electrons. The highest BCUT2D eigenvalue weighted by molar-refractivity contribution is 6.08. The van der Waals surface area contributed by atoms with Gasteiger partial charge in [-0.1, -0.05) is 48.0 Å². The van der Waals surface area contributed by atoms with Crippen molar-refractivity contribution in [3.05, 3.63) is 66.1 Å². The van der Waals surface area contributed by atoms with Crippen LogP contribution in [-0.4, -0.2) is 70.4 Å². The number of fused-ring (bicyclic) bond motifs is 2. The fourth-order valence-electron chi connectivity index (χ4n) is 5.71. The van der Waals surface area contributed by atoms with E-state index in [1.54, 1.807) is 12.1 Å². The van der Waals surface area contributed by atoms with Crippen molar-refractivity contribution in [3.8, 4) is 0 Å². The second kappa shape index (κ2) is 10.2. The molecule has 2 aromatic carbocycles. The van der Waals surface area contributed by atoms with Crippen molar-refractivity contribution in [1.29, 1.82) is 0 Å². The van der Waals surface area contributed by atoms with E-state index >= 15 is 0 Å². The minimum Gasteiger partial charge on any atom is -0.460 e. The van der Waals surface area contributed by atoms with Crippen molar-refractivity contribution in [2.45, 2.75) is 62.8 Å². The fourth-order valence-corrected chi connectivity index (χ4v) is 5.71. The summed E-state index contributed by atoms with van der Waals surface area (Å²) in [7, 11) is 0. The summed E-state index contributed by atoms with van der Waals surface area (Å²) in [5.74, 6) is -2.00. The van der Waals surface area contributed by atoms with Crippen LogP contribution >= 0.6 is 0 Å². The molecule has 0 bridgehead atoms. The Kier molecular flexibility index (Phi) is 6.54. The van der Waals surface area contributed by atoms with Crippen LogP contribution < -0.4 is 10.6 Å². The summed E-state index contributed by atoms with van der Waals surface area (Å²) in [6.45, 7) is 0.315. The Morgan fingerprint density at radius 2 is 1.79 bits per heavy atom. The molecule has 1 aliphatic carbocycles. The molecule has 2 N–H and O–H groups in total. The van der Waals surface area contributed by atoms with Crippen LogP contribution in [0.15, 0.2) is 54.1 Å². The molecule has 4 atom stereocenters. The minimum absolute atomic E-state index is 0.0523. The summed E-state index contributed by atoms with van der Waals surface area (Å²) in [5, 5.41) is 9.97. The highest BCUT2D eigenvalue weighted by Gasteiger charge is 2.46. The molecule has 4 amide bonds. The molecular weight excluding hydrogens is 500 g/mol. The number of cyclic esters (lactones) is 1. The maximum absolute atomic E-state index is 13.8. The van der Waals surface area contributed by atoms with E-state index in [4.69, 9.17) is 4.74 Å². The molecule has 0 spiro atoms. The molecule has 3 heterocycles. The van der Waals surface area contributed by atoms with Crippen molar-refractivity contribution in [2.24, 2.45) is 0 Å². The number of hydrogen-bond donors (Lipinski definition) is 2. The molecule has 10 nitrogen and oxygen atoms in total. The molecule has 201 valence electrons. The molecule has 3 saturated heterocycles. The number of benzene rings is 2. The number of hydrogen-bond acceptors (Lipinski definition) is 6. The van der Waals surface area contributed by atoms with E-state index in [1.807, 2.05) is 42.8 Å². The van der Waals surface area contributed by atoms with Gasteiger partial charge in [-0.25, -0.2) is 5.01 Å². The third-order valence-corrected chi connectivity index (χ3v) is 7.79. The van der Waals surface area contributed by atoms with Crippen molar-refractivity contribution in [3.63, 3.8) is 0 Å². The zero-order chi connectivity index (χ0) is 27.1. The van der Waals surface area contributed by atoms with Gasteiger partial charge in [-0.2, -0.15) is 0 Å². The molecule has 6 rings (SSSR count). The number of ether oxygens (including phenoxy) is 1. The van der Waals surface area contributed by atoms with Gasteiger partial charge in [0.15, 0.2) is 0 Å². The standard InChI is InChI=1S/C29H29N4O6/c34-25-13-12-21(30-27(36)20-8-3-6-18-5-1-2-7-19(18)20)29(38)33-23(9-4-14-32(25)33)28(37)31-22-16-26(35)39-24(22)15-17-10-11-17/h1-3,5-8,10-11,21-24H,4,9,12-16H2,(H,30,36)(H,31,37)/t21-,22-,23-,24?/m0/s1. The first-order valence-electron chi connectivity index (χ1n) is 13.3. The van der Waals surface area contributed by atoms with Gasteiger partial charge in [-0.15, -0.1) is 0 Å². The molecule has 39 heavy (non-hydrogen) atoms. The Hall–Kier alpha value is -4.21. The molecule has 4 aliphatic rings. The van der Waals surface area contributed by atoms with Crippen molar-refractivity contribution < 1.29 is 28.7 Å². The van der Waals surface area contributed by atoms with E-state index < -0.39 is 42.0 Å². The van der Waals surface area contributed by atoms with E-state index in [0.717, 1.165) is 16.3 Å². The number of carbonyl (C=O) groups is 5. The molecule has 3 fully saturated rings. The molecule has 2 aromatic rings. The van der Waals surface area contributed by atoms with E-state index in [1.165, 1.54) is 10.0 Å². The highest BCUT2D eigenvalue weighted by atomic mass is 16.6. The predicted molar refractivity (Wildman–Crippen MR) is 139 cm³/mol. The first kappa shape index (κ1) is 25.1. The monoisotopic (exact) mass is 529 g/mol. The van der Waals surface area contributed by atoms with Crippen LogP contribution in [0.4, 0.5) is 0 Å². The lowest BCUT2D eigenvalue weighted by Crippen LogP contribution is -2.64. The SMILES string of the molecule is O=C1C[C@H](NC(=O)[C@@H]2CCCN3C(=O)CC[C@H](NC(=O)c4cccc5ccccc45)C(=O)N23)C(CC2=C[CH]2)O1. The van der Waals surface area contributed by atoms with E-state index in [-0.39, 0.29) is 31.1 Å². The van der Waals surface area contributed by atoms with E-state index in [2.05, 4.69) is 10.6 Å². The Bertz CT molecular complexity index is 1400. The summed E-state index contributed by atoms with van der Waals surface area (Å²) in [5.41, 5.74) is 1.50. The normalized spacial score (nSPS) is 26.5. The largest absolute Gasteiger partial charge is 0.460 e. The Labute approximate surface area is 225 Å². The molecular formula is C29H29N4O6. The lowest BCUT2D eigenvalue weighted by atomic mass is 10.0. The Morgan fingerprint density at radius 1 is 1.00 bits per heavy atom. The number of carbonyl (C=O) groups excluding carboxylic acids is 5. The van der Waals surface area contributed by atoms with Gasteiger partial charge < -0.3 is 15.4 Å². The third-order valence-electron chi connectivity index (χ3n) is 7.79. The number of nitrogens with zero attached hydrogens (tertiary/aromatic N) is 2. The predicted octanol–water partition coefficient (Wildman–Crippen LogP) is 1.80. The second-order valence-corrected chi connectivity index (χ2v) is 10.4. The van der Waals surface area contributed by atoms with Crippen LogP contribution in [0, 0.1) is 6.42 Å². The Balaban J connectivity index is 1.21. The number of allylic oxidation sites excluding steroid dienone is 1. The lowest BCUT2D eigenvalue weighted by Gasteiger charge is -2.43. The number of amides is 4. The highest BCUT2D eigenvalue weighted by Crippen LogP contribution is 2.30. The van der Waals surface area contributed by atoms with Gasteiger partial charge >= 0.3 is 5.97 Å². The smallest absolute Gasteiger partial charge is 0.308 e. The minimum atomic E-state index is -0.972. The molecule has 1 unspecified atom stereocenters. The topological polar surface area (TPSA) is 125 Å². The van der Waals surface area contributed by atoms with Crippen LogP contribution in [-0.2, 0) is 23.9 Å². The number of hydrazine groups is 1. The second-order valence-electron chi connectivity index (χ2n) is 10.4. The summed E-state index contributed by atoms with van der Waals surface area (Å²) in [6.07, 6.45) is 5.07. The first-order chi connectivity index (χ1) is 18.9. The first-order valence-corrected chi connectivity index (χ1v) is 13.3. The van der Waals surface area contributed by atoms with Gasteiger partial charge in [0.2, 0.25) is 11.8 Å². The fraction of sp³-hybridized carbons (Fsp3) is 0.379. The summed E-state index contributed by atoms with van der Waals surface area (Å²) < 4.78 is 5.40. The van der Waals surface area contributed by atoms with Gasteiger partial charge in [-0.3, -0.25) is 29.0 Å². The Morgan fingerprint density at radius 3 is 2.62 bits per heavy atom. The van der Waals surface area contributed by atoms with Crippen LogP contribution in [0.2, 0.25) is 0 Å². The molecule has 10 heteroatoms. The lowest BCUT2D eigenvalue weighted by molar-refractivity contribution is -0.176. The summed E-state index contributed by atoms with van der Waals surface area (Å²) in [6, 6.07) is 10.4. The number of rotatable bonds is 6. The van der Waals surface area contributed by atoms with E-state index in [9.17, 15) is 24.0 Å². The van der Waals surface area contributed by atoms with Crippen molar-refractivity contribution >= 4 is 40.4 Å². The quantitative estimate of drug-likeness (QED) is 0.550. The molecule has 3 aliphatic heterocycles. The number of nitrogens with one attached hydrogen (secondary N) is 2. The molecule has 0 aromatic heterocycles.